The Morgan fingerprint density at radius 2 is 1.81 bits per heavy atom. The van der Waals surface area contributed by atoms with Crippen molar-refractivity contribution in [3.05, 3.63) is 59.8 Å². The Morgan fingerprint density at radius 3 is 2.62 bits per heavy atom. The lowest BCUT2D eigenvalue weighted by Gasteiger charge is -2.39. The van der Waals surface area contributed by atoms with Crippen LogP contribution in [0.2, 0.25) is 0 Å². The number of carbonyl (C=O) groups excluding carboxylic acids is 1. The van der Waals surface area contributed by atoms with Gasteiger partial charge in [0.15, 0.2) is 0 Å². The van der Waals surface area contributed by atoms with Crippen molar-refractivity contribution in [3.63, 3.8) is 0 Å². The second kappa shape index (κ2) is 7.87. The Balaban J connectivity index is 1.65. The van der Waals surface area contributed by atoms with Crippen molar-refractivity contribution < 1.29 is 4.79 Å². The summed E-state index contributed by atoms with van der Waals surface area (Å²) in [6.07, 6.45) is 5.09. The second-order valence-electron chi connectivity index (χ2n) is 7.03. The number of nitrogens with one attached hydrogen (secondary N) is 1. The van der Waals surface area contributed by atoms with Crippen LogP contribution in [0.4, 0.5) is 5.82 Å². The molecular formula is C21H26N4O. The van der Waals surface area contributed by atoms with E-state index in [2.05, 4.69) is 21.2 Å². The molecule has 2 aliphatic rings. The SMILES string of the molecule is O=C(c1ccccc1)N1CCCCC1c1cccnc1N1CCNCC1. The van der Waals surface area contributed by atoms with Gasteiger partial charge in [-0.15, -0.1) is 0 Å². The third kappa shape index (κ3) is 3.44. The minimum Gasteiger partial charge on any atom is -0.354 e. The van der Waals surface area contributed by atoms with E-state index in [0.29, 0.717) is 0 Å². The van der Waals surface area contributed by atoms with E-state index in [1.807, 2.05) is 42.6 Å². The molecule has 1 amide bonds. The van der Waals surface area contributed by atoms with Gasteiger partial charge in [-0.3, -0.25) is 4.79 Å². The highest BCUT2D eigenvalue weighted by Crippen LogP contribution is 2.36. The highest BCUT2D eigenvalue weighted by molar-refractivity contribution is 5.94. The molecule has 4 rings (SSSR count). The first-order valence-electron chi connectivity index (χ1n) is 9.61. The topological polar surface area (TPSA) is 48.5 Å². The number of pyridine rings is 1. The van der Waals surface area contributed by atoms with Crippen LogP contribution in [0, 0.1) is 0 Å². The number of piperazine rings is 1. The number of benzene rings is 1. The van der Waals surface area contributed by atoms with Crippen molar-refractivity contribution in [1.29, 1.82) is 0 Å². The molecule has 1 unspecified atom stereocenters. The van der Waals surface area contributed by atoms with Gasteiger partial charge in [-0.05, 0) is 37.5 Å². The average molecular weight is 350 g/mol. The van der Waals surface area contributed by atoms with Gasteiger partial charge >= 0.3 is 0 Å². The van der Waals surface area contributed by atoms with Gasteiger partial charge in [-0.1, -0.05) is 24.3 Å². The van der Waals surface area contributed by atoms with Crippen molar-refractivity contribution in [2.24, 2.45) is 0 Å². The van der Waals surface area contributed by atoms with Crippen LogP contribution in [0.25, 0.3) is 0 Å². The fraction of sp³-hybridized carbons (Fsp3) is 0.429. The third-order valence-corrected chi connectivity index (χ3v) is 5.38. The zero-order valence-electron chi connectivity index (χ0n) is 15.1. The van der Waals surface area contributed by atoms with Gasteiger partial charge in [0.05, 0.1) is 6.04 Å². The number of amides is 1. The first kappa shape index (κ1) is 17.0. The van der Waals surface area contributed by atoms with Gasteiger partial charge in [0.2, 0.25) is 0 Å². The summed E-state index contributed by atoms with van der Waals surface area (Å²) in [5.41, 5.74) is 1.96. The van der Waals surface area contributed by atoms with E-state index < -0.39 is 0 Å². The zero-order chi connectivity index (χ0) is 17.8. The van der Waals surface area contributed by atoms with Gasteiger partial charge in [0, 0.05) is 50.0 Å². The maximum Gasteiger partial charge on any atom is 0.254 e. The van der Waals surface area contributed by atoms with Crippen LogP contribution in [-0.2, 0) is 0 Å². The molecule has 136 valence electrons. The fourth-order valence-electron chi connectivity index (χ4n) is 4.05. The van der Waals surface area contributed by atoms with Crippen LogP contribution in [0.15, 0.2) is 48.7 Å². The van der Waals surface area contributed by atoms with Crippen LogP contribution in [-0.4, -0.2) is 48.5 Å². The summed E-state index contributed by atoms with van der Waals surface area (Å²) in [6.45, 7) is 4.70. The Morgan fingerprint density at radius 1 is 1.00 bits per heavy atom. The number of anilines is 1. The molecule has 1 aromatic heterocycles. The molecule has 2 saturated heterocycles. The van der Waals surface area contributed by atoms with Crippen molar-refractivity contribution in [3.8, 4) is 0 Å². The van der Waals surface area contributed by atoms with Crippen molar-refractivity contribution in [1.82, 2.24) is 15.2 Å². The number of rotatable bonds is 3. The number of hydrogen-bond donors (Lipinski definition) is 1. The van der Waals surface area contributed by atoms with Crippen LogP contribution < -0.4 is 10.2 Å². The predicted molar refractivity (Wildman–Crippen MR) is 103 cm³/mol. The Kier molecular flexibility index (Phi) is 5.16. The molecule has 2 aliphatic heterocycles. The summed E-state index contributed by atoms with van der Waals surface area (Å²) in [5, 5.41) is 3.40. The van der Waals surface area contributed by atoms with Crippen LogP contribution in [0.3, 0.4) is 0 Å². The number of piperidine rings is 1. The number of aromatic nitrogens is 1. The van der Waals surface area contributed by atoms with Gasteiger partial charge < -0.3 is 15.1 Å². The molecule has 1 aromatic carbocycles. The molecule has 1 N–H and O–H groups in total. The molecule has 26 heavy (non-hydrogen) atoms. The van der Waals surface area contributed by atoms with Crippen LogP contribution in [0.5, 0.6) is 0 Å². The van der Waals surface area contributed by atoms with Crippen LogP contribution >= 0.6 is 0 Å². The molecule has 5 heteroatoms. The highest BCUT2D eigenvalue weighted by atomic mass is 16.2. The lowest BCUT2D eigenvalue weighted by Crippen LogP contribution is -2.45. The lowest BCUT2D eigenvalue weighted by atomic mass is 9.94. The Labute approximate surface area is 155 Å². The van der Waals surface area contributed by atoms with Crippen molar-refractivity contribution in [2.45, 2.75) is 25.3 Å². The molecule has 0 radical (unpaired) electrons. The van der Waals surface area contributed by atoms with E-state index in [1.54, 1.807) is 0 Å². The molecule has 0 bridgehead atoms. The number of hydrogen-bond acceptors (Lipinski definition) is 4. The molecule has 0 saturated carbocycles. The Bertz CT molecular complexity index is 743. The zero-order valence-corrected chi connectivity index (χ0v) is 15.1. The van der Waals surface area contributed by atoms with Gasteiger partial charge in [0.25, 0.3) is 5.91 Å². The van der Waals surface area contributed by atoms with Gasteiger partial charge in [0.1, 0.15) is 5.82 Å². The fourth-order valence-corrected chi connectivity index (χ4v) is 4.05. The summed E-state index contributed by atoms with van der Waals surface area (Å²) in [7, 11) is 0. The average Bonchev–Trinajstić information content (AvgIpc) is 2.74. The maximum atomic E-state index is 13.2. The van der Waals surface area contributed by atoms with Crippen LogP contribution in [0.1, 0.15) is 41.2 Å². The van der Waals surface area contributed by atoms with E-state index in [9.17, 15) is 4.79 Å². The smallest absolute Gasteiger partial charge is 0.254 e. The molecule has 3 heterocycles. The van der Waals surface area contributed by atoms with Crippen molar-refractivity contribution >= 4 is 11.7 Å². The normalized spacial score (nSPS) is 20.8. The molecular weight excluding hydrogens is 324 g/mol. The number of carbonyl (C=O) groups is 1. The molecule has 2 fully saturated rings. The Hall–Kier alpha value is -2.40. The van der Waals surface area contributed by atoms with Gasteiger partial charge in [-0.2, -0.15) is 0 Å². The largest absolute Gasteiger partial charge is 0.354 e. The summed E-state index contributed by atoms with van der Waals surface area (Å²) >= 11 is 0. The predicted octanol–water partition coefficient (Wildman–Crippen LogP) is 2.86. The maximum absolute atomic E-state index is 13.2. The summed E-state index contributed by atoms with van der Waals surface area (Å²) in [6, 6.07) is 13.9. The summed E-state index contributed by atoms with van der Waals surface area (Å²) < 4.78 is 0. The highest BCUT2D eigenvalue weighted by Gasteiger charge is 2.31. The molecule has 5 nitrogen and oxygen atoms in total. The lowest BCUT2D eigenvalue weighted by molar-refractivity contribution is 0.0611. The monoisotopic (exact) mass is 350 g/mol. The number of likely N-dealkylation sites (tertiary alicyclic amines) is 1. The second-order valence-corrected chi connectivity index (χ2v) is 7.03. The van der Waals surface area contributed by atoms with E-state index in [1.165, 1.54) is 5.56 Å². The molecule has 2 aromatic rings. The number of nitrogens with zero attached hydrogens (tertiary/aromatic N) is 3. The minimum absolute atomic E-state index is 0.107. The minimum atomic E-state index is 0.107. The van der Waals surface area contributed by atoms with E-state index in [4.69, 9.17) is 4.98 Å². The third-order valence-electron chi connectivity index (χ3n) is 5.38. The standard InChI is InChI=1S/C21H26N4O/c26-21(17-7-2-1-3-8-17)25-14-5-4-10-19(25)18-9-6-11-23-20(18)24-15-12-22-13-16-24/h1-3,6-9,11,19,22H,4-5,10,12-16H2. The van der Waals surface area contributed by atoms with E-state index in [-0.39, 0.29) is 11.9 Å². The molecule has 1 atom stereocenters. The van der Waals surface area contributed by atoms with E-state index in [0.717, 1.165) is 63.4 Å². The summed E-state index contributed by atoms with van der Waals surface area (Å²) in [5.74, 6) is 1.18. The molecule has 0 aliphatic carbocycles. The van der Waals surface area contributed by atoms with Gasteiger partial charge in [-0.25, -0.2) is 4.98 Å². The quantitative estimate of drug-likeness (QED) is 0.925. The first-order valence-corrected chi connectivity index (χ1v) is 9.61. The summed E-state index contributed by atoms with van der Waals surface area (Å²) in [4.78, 5) is 22.3. The molecule has 0 spiro atoms. The van der Waals surface area contributed by atoms with Crippen molar-refractivity contribution in [2.75, 3.05) is 37.6 Å². The first-order chi connectivity index (χ1) is 12.8. The van der Waals surface area contributed by atoms with E-state index >= 15 is 0 Å².